The lowest BCUT2D eigenvalue weighted by atomic mass is 9.83. The van der Waals surface area contributed by atoms with Gasteiger partial charge in [0.05, 0.1) is 19.8 Å². The lowest BCUT2D eigenvalue weighted by molar-refractivity contribution is -0.156. The molecule has 0 aliphatic carbocycles. The molecule has 0 aromatic heterocycles. The fourth-order valence-electron chi connectivity index (χ4n) is 5.70. The van der Waals surface area contributed by atoms with E-state index in [9.17, 15) is 14.4 Å². The van der Waals surface area contributed by atoms with Crippen LogP contribution in [0.3, 0.4) is 0 Å². The number of aliphatic hydroxyl groups is 1. The number of esters is 1. The van der Waals surface area contributed by atoms with Gasteiger partial charge < -0.3 is 33.9 Å². The van der Waals surface area contributed by atoms with Gasteiger partial charge in [0.15, 0.2) is 11.6 Å². The molecule has 1 fully saturated rings. The van der Waals surface area contributed by atoms with E-state index in [1.807, 2.05) is 24.3 Å². The third-order valence-corrected chi connectivity index (χ3v) is 7.81. The number of ether oxygens (including phenoxy) is 4. The monoisotopic (exact) mass is 607 g/mol. The zero-order valence-corrected chi connectivity index (χ0v) is 25.6. The van der Waals surface area contributed by atoms with Crippen molar-refractivity contribution in [2.45, 2.75) is 63.8 Å². The highest BCUT2D eigenvalue weighted by molar-refractivity contribution is 6.02. The minimum absolute atomic E-state index is 0.0356. The Morgan fingerprint density at radius 1 is 1.09 bits per heavy atom. The third-order valence-electron chi connectivity index (χ3n) is 7.81. The van der Waals surface area contributed by atoms with Crippen molar-refractivity contribution in [1.82, 2.24) is 9.80 Å². The molecular weight excluding hydrogens is 566 g/mol. The first-order valence-electron chi connectivity index (χ1n) is 15.1. The van der Waals surface area contributed by atoms with Crippen molar-refractivity contribution in [2.75, 3.05) is 46.1 Å². The van der Waals surface area contributed by atoms with Crippen LogP contribution in [0.25, 0.3) is 0 Å². The summed E-state index contributed by atoms with van der Waals surface area (Å²) in [6, 6.07) is 14.8. The van der Waals surface area contributed by atoms with E-state index in [1.165, 1.54) is 0 Å². The molecule has 44 heavy (non-hydrogen) atoms. The second kappa shape index (κ2) is 13.4. The number of amides is 2. The van der Waals surface area contributed by atoms with Crippen LogP contribution in [0.5, 0.6) is 5.75 Å². The molecule has 2 aromatic rings. The van der Waals surface area contributed by atoms with Gasteiger partial charge in [-0.15, -0.1) is 0 Å². The Labute approximate surface area is 257 Å². The maximum absolute atomic E-state index is 14.7. The fourth-order valence-corrected chi connectivity index (χ4v) is 5.70. The molecule has 2 amide bonds. The number of carbonyl (C=O) groups excluding carboxylic acids is 3. The molecule has 0 radical (unpaired) electrons. The smallest absolute Gasteiger partial charge is 0.306 e. The second-order valence-electron chi connectivity index (χ2n) is 12.2. The predicted octanol–water partition coefficient (Wildman–Crippen LogP) is 3.03. The SMILES string of the molecule is CC(C)(C)OC(=O)CC[C@]12N=C(c3ccc(OCCCO)cc3)O[C@H]1c1ccccc1CN(CC(=O)N1CCOCC1)C2=O. The predicted molar refractivity (Wildman–Crippen MR) is 161 cm³/mol. The van der Waals surface area contributed by atoms with Crippen LogP contribution in [0.15, 0.2) is 53.5 Å². The average Bonchev–Trinajstić information content (AvgIpc) is 3.36. The molecule has 0 saturated carbocycles. The lowest BCUT2D eigenvalue weighted by Gasteiger charge is -2.34. The number of hydrogen-bond donors (Lipinski definition) is 1. The standard InChI is InChI=1S/C33H41N3O8/c1-32(2,3)44-28(39)13-14-33-29(43-30(34-33)23-9-11-25(12-10-23)42-18-6-17-37)26-8-5-4-7-24(26)21-36(31(33)40)22-27(38)35-15-19-41-20-16-35/h4-5,7-12,29,37H,6,13-22H2,1-3H3/t29-,33-/m0/s1. The molecule has 3 heterocycles. The Balaban J connectivity index is 1.51. The van der Waals surface area contributed by atoms with Crippen LogP contribution < -0.4 is 4.74 Å². The number of fused-ring (bicyclic) bond motifs is 3. The largest absolute Gasteiger partial charge is 0.494 e. The van der Waals surface area contributed by atoms with Gasteiger partial charge in [-0.05, 0) is 57.0 Å². The van der Waals surface area contributed by atoms with Crippen molar-refractivity contribution in [2.24, 2.45) is 4.99 Å². The summed E-state index contributed by atoms with van der Waals surface area (Å²) in [6.45, 7) is 7.74. The maximum atomic E-state index is 14.7. The highest BCUT2D eigenvalue weighted by Crippen LogP contribution is 2.47. The normalized spacial score (nSPS) is 21.5. The minimum Gasteiger partial charge on any atom is -0.494 e. The number of rotatable bonds is 10. The van der Waals surface area contributed by atoms with Crippen LogP contribution in [-0.4, -0.2) is 95.8 Å². The van der Waals surface area contributed by atoms with Crippen LogP contribution >= 0.6 is 0 Å². The molecule has 0 spiro atoms. The van der Waals surface area contributed by atoms with Crippen molar-refractivity contribution in [1.29, 1.82) is 0 Å². The zero-order valence-electron chi connectivity index (χ0n) is 25.6. The molecule has 3 aliphatic rings. The van der Waals surface area contributed by atoms with Gasteiger partial charge in [-0.3, -0.25) is 14.4 Å². The first kappa shape index (κ1) is 31.5. The maximum Gasteiger partial charge on any atom is 0.306 e. The van der Waals surface area contributed by atoms with E-state index in [4.69, 9.17) is 29.0 Å². The van der Waals surface area contributed by atoms with Crippen molar-refractivity contribution in [3.05, 3.63) is 65.2 Å². The van der Waals surface area contributed by atoms with Crippen molar-refractivity contribution in [3.8, 4) is 5.75 Å². The summed E-state index contributed by atoms with van der Waals surface area (Å²) < 4.78 is 23.2. The number of benzene rings is 2. The van der Waals surface area contributed by atoms with Gasteiger partial charge in [0, 0.05) is 50.2 Å². The van der Waals surface area contributed by atoms with Gasteiger partial charge in [0.2, 0.25) is 11.8 Å². The molecule has 1 saturated heterocycles. The topological polar surface area (TPSA) is 127 Å². The zero-order chi connectivity index (χ0) is 31.3. The molecule has 2 atom stereocenters. The molecule has 3 aliphatic heterocycles. The van der Waals surface area contributed by atoms with E-state index in [1.54, 1.807) is 54.8 Å². The summed E-state index contributed by atoms with van der Waals surface area (Å²) in [7, 11) is 0. The van der Waals surface area contributed by atoms with Crippen LogP contribution in [0.4, 0.5) is 0 Å². The number of carbonyl (C=O) groups is 3. The first-order chi connectivity index (χ1) is 21.1. The Bertz CT molecular complexity index is 1380. The minimum atomic E-state index is -1.50. The van der Waals surface area contributed by atoms with Gasteiger partial charge in [0.25, 0.3) is 5.91 Å². The molecule has 5 rings (SSSR count). The van der Waals surface area contributed by atoms with E-state index in [0.717, 1.165) is 11.1 Å². The van der Waals surface area contributed by atoms with Gasteiger partial charge in [-0.1, -0.05) is 24.3 Å². The highest BCUT2D eigenvalue weighted by Gasteiger charge is 2.57. The molecule has 11 heteroatoms. The van der Waals surface area contributed by atoms with E-state index in [-0.39, 0.29) is 50.3 Å². The third kappa shape index (κ3) is 7.05. The quantitative estimate of drug-likeness (QED) is 0.323. The van der Waals surface area contributed by atoms with Gasteiger partial charge in [-0.25, -0.2) is 4.99 Å². The number of hydrogen-bond acceptors (Lipinski definition) is 9. The Hall–Kier alpha value is -3.96. The van der Waals surface area contributed by atoms with Crippen molar-refractivity contribution >= 4 is 23.7 Å². The Morgan fingerprint density at radius 2 is 1.82 bits per heavy atom. The van der Waals surface area contributed by atoms with Crippen molar-refractivity contribution in [3.63, 3.8) is 0 Å². The Kier molecular flexibility index (Phi) is 9.55. The molecule has 236 valence electrons. The number of aliphatic hydroxyl groups excluding tert-OH is 1. The van der Waals surface area contributed by atoms with Crippen LogP contribution in [0.1, 0.15) is 62.8 Å². The van der Waals surface area contributed by atoms with Crippen LogP contribution in [0, 0.1) is 0 Å². The lowest BCUT2D eigenvalue weighted by Crippen LogP contribution is -2.52. The van der Waals surface area contributed by atoms with E-state index in [0.29, 0.717) is 50.6 Å². The number of morpholine rings is 1. The van der Waals surface area contributed by atoms with Crippen LogP contribution in [0.2, 0.25) is 0 Å². The van der Waals surface area contributed by atoms with E-state index in [2.05, 4.69) is 0 Å². The van der Waals surface area contributed by atoms with Crippen LogP contribution in [-0.2, 0) is 35.1 Å². The molecule has 11 nitrogen and oxygen atoms in total. The summed E-state index contributed by atoms with van der Waals surface area (Å²) in [5, 5.41) is 9.04. The average molecular weight is 608 g/mol. The molecule has 1 N–H and O–H groups in total. The summed E-state index contributed by atoms with van der Waals surface area (Å²) in [5.41, 5.74) is 0.0932. The summed E-state index contributed by atoms with van der Waals surface area (Å²) in [5.74, 6) is -0.0861. The molecule has 0 bridgehead atoms. The van der Waals surface area contributed by atoms with Gasteiger partial charge >= 0.3 is 5.97 Å². The summed E-state index contributed by atoms with van der Waals surface area (Å²) >= 11 is 0. The highest BCUT2D eigenvalue weighted by atomic mass is 16.6. The number of aliphatic imine (C=N–C) groups is 1. The fraction of sp³-hybridized carbons (Fsp3) is 0.515. The molecule has 2 aromatic carbocycles. The van der Waals surface area contributed by atoms with Gasteiger partial charge in [0.1, 0.15) is 17.9 Å². The first-order valence-corrected chi connectivity index (χ1v) is 15.1. The second-order valence-corrected chi connectivity index (χ2v) is 12.2. The van der Waals surface area contributed by atoms with E-state index < -0.39 is 23.2 Å². The molecular formula is C33H41N3O8. The summed E-state index contributed by atoms with van der Waals surface area (Å²) in [4.78, 5) is 49.2. The van der Waals surface area contributed by atoms with Crippen molar-refractivity contribution < 1.29 is 38.4 Å². The van der Waals surface area contributed by atoms with Gasteiger partial charge in [-0.2, -0.15) is 0 Å². The number of nitrogens with zero attached hydrogens (tertiary/aromatic N) is 3. The summed E-state index contributed by atoms with van der Waals surface area (Å²) in [6.07, 6.45) is -0.322. The van der Waals surface area contributed by atoms with E-state index >= 15 is 0 Å². The molecule has 0 unspecified atom stereocenters. The Morgan fingerprint density at radius 3 is 2.52 bits per heavy atom.